The van der Waals surface area contributed by atoms with E-state index in [2.05, 4.69) is 39.6 Å². The molecule has 2 heterocycles. The second-order valence-corrected chi connectivity index (χ2v) is 7.41. The average Bonchev–Trinajstić information content (AvgIpc) is 3.10. The Hall–Kier alpha value is -1.91. The third-order valence-electron chi connectivity index (χ3n) is 4.68. The second-order valence-electron chi connectivity index (χ2n) is 7.41. The van der Waals surface area contributed by atoms with E-state index in [1.807, 2.05) is 11.6 Å². The SMILES string of the molecule is CN=C(NCC(C)Oc1ccccc1F)NC1CCc2nc(C(C)C)nn2C1.I. The summed E-state index contributed by atoms with van der Waals surface area (Å²) in [5.74, 6) is 2.88. The van der Waals surface area contributed by atoms with Crippen LogP contribution in [0.2, 0.25) is 0 Å². The molecule has 2 N–H and O–H groups in total. The molecule has 1 aliphatic heterocycles. The number of aliphatic imine (C=N–C) groups is 1. The summed E-state index contributed by atoms with van der Waals surface area (Å²) >= 11 is 0. The van der Waals surface area contributed by atoms with Crippen LogP contribution in [-0.2, 0) is 13.0 Å². The minimum atomic E-state index is -0.358. The van der Waals surface area contributed by atoms with Crippen molar-refractivity contribution in [2.24, 2.45) is 4.99 Å². The minimum absolute atomic E-state index is 0. The molecule has 0 saturated heterocycles. The quantitative estimate of drug-likeness (QED) is 0.351. The van der Waals surface area contributed by atoms with Gasteiger partial charge in [-0.2, -0.15) is 5.10 Å². The second kappa shape index (κ2) is 10.7. The molecule has 2 unspecified atom stereocenters. The monoisotopic (exact) mass is 516 g/mol. The van der Waals surface area contributed by atoms with Gasteiger partial charge in [0.25, 0.3) is 0 Å². The van der Waals surface area contributed by atoms with E-state index in [1.165, 1.54) is 6.07 Å². The zero-order chi connectivity index (χ0) is 20.1. The Balaban J connectivity index is 0.00000300. The summed E-state index contributed by atoms with van der Waals surface area (Å²) in [6.07, 6.45) is 1.65. The van der Waals surface area contributed by atoms with Crippen molar-refractivity contribution >= 4 is 29.9 Å². The van der Waals surface area contributed by atoms with Crippen molar-refractivity contribution in [1.29, 1.82) is 0 Å². The smallest absolute Gasteiger partial charge is 0.191 e. The molecule has 1 aromatic heterocycles. The molecule has 29 heavy (non-hydrogen) atoms. The Morgan fingerprint density at radius 2 is 2.10 bits per heavy atom. The maximum atomic E-state index is 13.7. The Labute approximate surface area is 188 Å². The lowest BCUT2D eigenvalue weighted by Gasteiger charge is -2.26. The van der Waals surface area contributed by atoms with Gasteiger partial charge in [0.2, 0.25) is 0 Å². The van der Waals surface area contributed by atoms with Gasteiger partial charge in [-0.3, -0.25) is 4.99 Å². The number of para-hydroxylation sites is 1. The highest BCUT2D eigenvalue weighted by molar-refractivity contribution is 14.0. The molecule has 0 radical (unpaired) electrons. The molecule has 0 aliphatic carbocycles. The fourth-order valence-corrected chi connectivity index (χ4v) is 3.12. The Bertz CT molecular complexity index is 825. The highest BCUT2D eigenvalue weighted by Crippen LogP contribution is 2.18. The normalized spacial score (nSPS) is 17.3. The van der Waals surface area contributed by atoms with Crippen LogP contribution in [0.3, 0.4) is 0 Å². The van der Waals surface area contributed by atoms with E-state index in [0.717, 1.165) is 31.0 Å². The molecule has 2 aromatic rings. The van der Waals surface area contributed by atoms with Crippen molar-refractivity contribution in [3.63, 3.8) is 0 Å². The lowest BCUT2D eigenvalue weighted by atomic mass is 10.1. The summed E-state index contributed by atoms with van der Waals surface area (Å²) in [6, 6.07) is 6.64. The minimum Gasteiger partial charge on any atom is -0.486 e. The van der Waals surface area contributed by atoms with E-state index >= 15 is 0 Å². The van der Waals surface area contributed by atoms with Gasteiger partial charge in [-0.15, -0.1) is 24.0 Å². The van der Waals surface area contributed by atoms with Gasteiger partial charge < -0.3 is 15.4 Å². The third-order valence-corrected chi connectivity index (χ3v) is 4.68. The summed E-state index contributed by atoms with van der Waals surface area (Å²) < 4.78 is 21.4. The van der Waals surface area contributed by atoms with E-state index in [0.29, 0.717) is 18.4 Å². The fraction of sp³-hybridized carbons (Fsp3) is 0.550. The molecule has 0 bridgehead atoms. The number of nitrogens with zero attached hydrogens (tertiary/aromatic N) is 4. The summed E-state index contributed by atoms with van der Waals surface area (Å²) in [5, 5.41) is 11.3. The number of nitrogens with one attached hydrogen (secondary N) is 2. The number of hydrogen-bond acceptors (Lipinski definition) is 4. The zero-order valence-electron chi connectivity index (χ0n) is 17.4. The molecule has 1 aliphatic rings. The number of benzene rings is 1. The number of hydrogen-bond donors (Lipinski definition) is 2. The summed E-state index contributed by atoms with van der Waals surface area (Å²) in [7, 11) is 1.73. The third kappa shape index (κ3) is 6.28. The van der Waals surface area contributed by atoms with Gasteiger partial charge >= 0.3 is 0 Å². The number of aromatic nitrogens is 3. The molecule has 0 fully saturated rings. The van der Waals surface area contributed by atoms with Crippen LogP contribution in [0, 0.1) is 5.82 Å². The summed E-state index contributed by atoms with van der Waals surface area (Å²) in [5.41, 5.74) is 0. The van der Waals surface area contributed by atoms with E-state index in [4.69, 9.17) is 4.74 Å². The Morgan fingerprint density at radius 3 is 2.79 bits per heavy atom. The molecular weight excluding hydrogens is 486 g/mol. The number of aryl methyl sites for hydroxylation is 1. The Kier molecular flexibility index (Phi) is 8.66. The number of fused-ring (bicyclic) bond motifs is 1. The van der Waals surface area contributed by atoms with Crippen LogP contribution < -0.4 is 15.4 Å². The predicted molar refractivity (Wildman–Crippen MR) is 123 cm³/mol. The molecule has 9 heteroatoms. The number of halogens is 2. The standard InChI is InChI=1S/C20H29FN6O.HI/c1-13(2)19-25-18-10-9-15(12-27(18)26-19)24-20(22-4)23-11-14(3)28-17-8-6-5-7-16(17)21;/h5-8,13-15H,9-12H2,1-4H3,(H2,22,23,24);1H. The van der Waals surface area contributed by atoms with E-state index in [9.17, 15) is 4.39 Å². The van der Waals surface area contributed by atoms with Crippen LogP contribution in [0.25, 0.3) is 0 Å². The first-order valence-electron chi connectivity index (χ1n) is 9.78. The van der Waals surface area contributed by atoms with Crippen LogP contribution in [0.5, 0.6) is 5.75 Å². The average molecular weight is 516 g/mol. The van der Waals surface area contributed by atoms with Crippen LogP contribution >= 0.6 is 24.0 Å². The van der Waals surface area contributed by atoms with Crippen molar-refractivity contribution < 1.29 is 9.13 Å². The first-order valence-corrected chi connectivity index (χ1v) is 9.78. The van der Waals surface area contributed by atoms with Crippen molar-refractivity contribution in [1.82, 2.24) is 25.4 Å². The van der Waals surface area contributed by atoms with Crippen molar-refractivity contribution in [2.75, 3.05) is 13.6 Å². The van der Waals surface area contributed by atoms with Gasteiger partial charge in [0.1, 0.15) is 11.9 Å². The molecular formula is C20H30FIN6O. The topological polar surface area (TPSA) is 76.4 Å². The molecule has 7 nitrogen and oxygen atoms in total. The molecule has 0 spiro atoms. The van der Waals surface area contributed by atoms with Gasteiger partial charge in [-0.05, 0) is 25.5 Å². The Morgan fingerprint density at radius 1 is 1.34 bits per heavy atom. The largest absolute Gasteiger partial charge is 0.486 e. The van der Waals surface area contributed by atoms with E-state index in [-0.39, 0.29) is 47.7 Å². The van der Waals surface area contributed by atoms with Gasteiger partial charge in [0.15, 0.2) is 23.4 Å². The fourth-order valence-electron chi connectivity index (χ4n) is 3.12. The maximum Gasteiger partial charge on any atom is 0.191 e. The molecule has 2 atom stereocenters. The zero-order valence-corrected chi connectivity index (χ0v) is 19.7. The van der Waals surface area contributed by atoms with Gasteiger partial charge in [0.05, 0.1) is 13.1 Å². The molecule has 0 saturated carbocycles. The highest BCUT2D eigenvalue weighted by Gasteiger charge is 2.23. The van der Waals surface area contributed by atoms with E-state index in [1.54, 1.807) is 25.2 Å². The molecule has 3 rings (SSSR count). The lowest BCUT2D eigenvalue weighted by Crippen LogP contribution is -2.48. The van der Waals surface area contributed by atoms with Gasteiger partial charge in [-0.1, -0.05) is 26.0 Å². The van der Waals surface area contributed by atoms with Crippen LogP contribution in [0.4, 0.5) is 4.39 Å². The van der Waals surface area contributed by atoms with Crippen molar-refractivity contribution in [3.05, 3.63) is 41.7 Å². The molecule has 160 valence electrons. The van der Waals surface area contributed by atoms with Gasteiger partial charge in [-0.25, -0.2) is 14.1 Å². The summed E-state index contributed by atoms with van der Waals surface area (Å²) in [6.45, 7) is 7.37. The van der Waals surface area contributed by atoms with Crippen molar-refractivity contribution in [2.45, 2.75) is 58.2 Å². The van der Waals surface area contributed by atoms with Crippen molar-refractivity contribution in [3.8, 4) is 5.75 Å². The lowest BCUT2D eigenvalue weighted by molar-refractivity contribution is 0.213. The number of rotatable bonds is 6. The van der Waals surface area contributed by atoms with Crippen LogP contribution in [0.1, 0.15) is 44.8 Å². The molecule has 0 amide bonds. The van der Waals surface area contributed by atoms with Gasteiger partial charge in [0, 0.05) is 25.4 Å². The molecule has 1 aromatic carbocycles. The van der Waals surface area contributed by atoms with E-state index < -0.39 is 0 Å². The first kappa shape index (κ1) is 23.4. The summed E-state index contributed by atoms with van der Waals surface area (Å²) in [4.78, 5) is 8.91. The first-order chi connectivity index (χ1) is 13.5. The maximum absolute atomic E-state index is 13.7. The number of ether oxygens (including phenoxy) is 1. The highest BCUT2D eigenvalue weighted by atomic mass is 127. The predicted octanol–water partition coefficient (Wildman–Crippen LogP) is 3.11. The van der Waals surface area contributed by atoms with Crippen LogP contribution in [-0.4, -0.2) is 46.5 Å². The van der Waals surface area contributed by atoms with Crippen LogP contribution in [0.15, 0.2) is 29.3 Å². The number of guanidine groups is 1.